The Hall–Kier alpha value is -1.13. The zero-order valence-electron chi connectivity index (χ0n) is 7.46. The van der Waals surface area contributed by atoms with Gasteiger partial charge in [0.2, 0.25) is 0 Å². The van der Waals surface area contributed by atoms with Crippen LogP contribution in [0.4, 0.5) is 4.39 Å². The van der Waals surface area contributed by atoms with Gasteiger partial charge in [0, 0.05) is 18.2 Å². The van der Waals surface area contributed by atoms with Gasteiger partial charge >= 0.3 is 0 Å². The lowest BCUT2D eigenvalue weighted by Gasteiger charge is -2.11. The third-order valence-electron chi connectivity index (χ3n) is 1.87. The van der Waals surface area contributed by atoms with E-state index in [1.54, 1.807) is 18.2 Å². The molecule has 3 nitrogen and oxygen atoms in total. The summed E-state index contributed by atoms with van der Waals surface area (Å²) >= 11 is 0. The Morgan fingerprint density at radius 1 is 1.54 bits per heavy atom. The Morgan fingerprint density at radius 2 is 2.23 bits per heavy atom. The molecule has 4 heteroatoms. The molecular formula is C9H13FN2O. The maximum Gasteiger partial charge on any atom is 0.169 e. The number of benzene rings is 1. The van der Waals surface area contributed by atoms with Gasteiger partial charge in [-0.15, -0.1) is 0 Å². The van der Waals surface area contributed by atoms with Crippen LogP contribution in [0.3, 0.4) is 0 Å². The first-order chi connectivity index (χ1) is 6.20. The fraction of sp³-hybridized carbons (Fsp3) is 0.333. The van der Waals surface area contributed by atoms with E-state index >= 15 is 0 Å². The summed E-state index contributed by atoms with van der Waals surface area (Å²) in [6.07, 6.45) is 0. The predicted octanol–water partition coefficient (Wildman–Crippen LogP) is 0.793. The molecule has 1 aromatic carbocycles. The summed E-state index contributed by atoms with van der Waals surface area (Å²) in [5, 5.41) is 0. The topological polar surface area (TPSA) is 61.3 Å². The molecule has 0 aliphatic carbocycles. The molecule has 1 rings (SSSR count). The lowest BCUT2D eigenvalue weighted by atomic mass is 10.1. The van der Waals surface area contributed by atoms with Crippen molar-refractivity contribution in [1.29, 1.82) is 0 Å². The second kappa shape index (κ2) is 4.20. The Labute approximate surface area is 76.5 Å². The monoisotopic (exact) mass is 184 g/mol. The first-order valence-corrected chi connectivity index (χ1v) is 3.98. The van der Waals surface area contributed by atoms with Gasteiger partial charge < -0.3 is 16.2 Å². The molecule has 0 fully saturated rings. The molecule has 0 bridgehead atoms. The van der Waals surface area contributed by atoms with Crippen LogP contribution in [0.1, 0.15) is 11.6 Å². The van der Waals surface area contributed by atoms with E-state index in [0.29, 0.717) is 5.56 Å². The zero-order valence-corrected chi connectivity index (χ0v) is 7.46. The van der Waals surface area contributed by atoms with Crippen molar-refractivity contribution >= 4 is 0 Å². The maximum atomic E-state index is 13.4. The molecule has 0 amide bonds. The number of nitrogens with two attached hydrogens (primary N) is 2. The van der Waals surface area contributed by atoms with Crippen molar-refractivity contribution in [3.05, 3.63) is 29.6 Å². The van der Waals surface area contributed by atoms with Gasteiger partial charge in [-0.3, -0.25) is 0 Å². The number of rotatable bonds is 3. The highest BCUT2D eigenvalue weighted by atomic mass is 19.1. The lowest BCUT2D eigenvalue weighted by molar-refractivity contribution is 0.382. The third kappa shape index (κ3) is 1.96. The SMILES string of the molecule is COc1cccc([C@H](N)CN)c1F. The highest BCUT2D eigenvalue weighted by molar-refractivity contribution is 5.32. The highest BCUT2D eigenvalue weighted by Gasteiger charge is 2.12. The number of methoxy groups -OCH3 is 1. The quantitative estimate of drug-likeness (QED) is 0.730. The molecule has 0 saturated carbocycles. The first-order valence-electron chi connectivity index (χ1n) is 3.98. The molecular weight excluding hydrogens is 171 g/mol. The van der Waals surface area contributed by atoms with E-state index < -0.39 is 11.9 Å². The van der Waals surface area contributed by atoms with Gasteiger partial charge in [-0.2, -0.15) is 0 Å². The normalized spacial score (nSPS) is 12.6. The summed E-state index contributed by atoms with van der Waals surface area (Å²) in [5.74, 6) is -0.232. The predicted molar refractivity (Wildman–Crippen MR) is 48.9 cm³/mol. The largest absolute Gasteiger partial charge is 0.494 e. The zero-order chi connectivity index (χ0) is 9.84. The molecule has 1 atom stereocenters. The van der Waals surface area contributed by atoms with Crippen molar-refractivity contribution in [2.45, 2.75) is 6.04 Å². The van der Waals surface area contributed by atoms with Crippen LogP contribution in [-0.2, 0) is 0 Å². The summed E-state index contributed by atoms with van der Waals surface area (Å²) < 4.78 is 18.3. The highest BCUT2D eigenvalue weighted by Crippen LogP contribution is 2.23. The van der Waals surface area contributed by atoms with E-state index in [4.69, 9.17) is 16.2 Å². The molecule has 0 radical (unpaired) electrons. The number of halogens is 1. The Balaban J connectivity index is 3.08. The summed E-state index contributed by atoms with van der Waals surface area (Å²) in [6, 6.07) is 4.36. The molecule has 0 aromatic heterocycles. The molecule has 13 heavy (non-hydrogen) atoms. The van der Waals surface area contributed by atoms with Crippen LogP contribution in [0, 0.1) is 5.82 Å². The molecule has 0 aliphatic rings. The van der Waals surface area contributed by atoms with Crippen molar-refractivity contribution in [2.24, 2.45) is 11.5 Å². The minimum absolute atomic E-state index is 0.196. The van der Waals surface area contributed by atoms with Crippen LogP contribution in [0.5, 0.6) is 5.75 Å². The Bertz CT molecular complexity index is 291. The van der Waals surface area contributed by atoms with Crippen LogP contribution in [0.25, 0.3) is 0 Å². The van der Waals surface area contributed by atoms with E-state index in [-0.39, 0.29) is 12.3 Å². The smallest absolute Gasteiger partial charge is 0.169 e. The van der Waals surface area contributed by atoms with E-state index in [1.165, 1.54) is 7.11 Å². The van der Waals surface area contributed by atoms with Gasteiger partial charge in [0.15, 0.2) is 11.6 Å². The summed E-state index contributed by atoms with van der Waals surface area (Å²) in [6.45, 7) is 0.212. The number of ether oxygens (including phenoxy) is 1. The van der Waals surface area contributed by atoms with Crippen LogP contribution in [0.15, 0.2) is 18.2 Å². The van der Waals surface area contributed by atoms with Gasteiger partial charge in [0.25, 0.3) is 0 Å². The van der Waals surface area contributed by atoms with E-state index in [0.717, 1.165) is 0 Å². The van der Waals surface area contributed by atoms with Gasteiger partial charge in [-0.1, -0.05) is 12.1 Å². The van der Waals surface area contributed by atoms with Gasteiger partial charge in [0.1, 0.15) is 0 Å². The van der Waals surface area contributed by atoms with Crippen molar-refractivity contribution < 1.29 is 9.13 Å². The lowest BCUT2D eigenvalue weighted by Crippen LogP contribution is -2.22. The first kappa shape index (κ1) is 9.95. The van der Waals surface area contributed by atoms with Crippen LogP contribution in [-0.4, -0.2) is 13.7 Å². The Kier molecular flexibility index (Phi) is 3.22. The molecule has 0 heterocycles. The van der Waals surface area contributed by atoms with Crippen LogP contribution in [0.2, 0.25) is 0 Å². The minimum Gasteiger partial charge on any atom is -0.494 e. The van der Waals surface area contributed by atoms with E-state index in [9.17, 15) is 4.39 Å². The third-order valence-corrected chi connectivity index (χ3v) is 1.87. The maximum absolute atomic E-state index is 13.4. The fourth-order valence-electron chi connectivity index (χ4n) is 1.10. The number of hydrogen-bond acceptors (Lipinski definition) is 3. The van der Waals surface area contributed by atoms with Crippen molar-refractivity contribution in [1.82, 2.24) is 0 Å². The molecule has 0 unspecified atom stereocenters. The molecule has 0 spiro atoms. The van der Waals surface area contributed by atoms with Crippen LogP contribution >= 0.6 is 0 Å². The average Bonchev–Trinajstić information content (AvgIpc) is 2.17. The van der Waals surface area contributed by atoms with E-state index in [2.05, 4.69) is 0 Å². The Morgan fingerprint density at radius 3 is 2.77 bits per heavy atom. The molecule has 1 aromatic rings. The second-order valence-corrected chi connectivity index (χ2v) is 2.71. The summed E-state index contributed by atoms with van der Waals surface area (Å²) in [4.78, 5) is 0. The average molecular weight is 184 g/mol. The van der Waals surface area contributed by atoms with Gasteiger partial charge in [-0.25, -0.2) is 4.39 Å². The molecule has 0 aliphatic heterocycles. The standard InChI is InChI=1S/C9H13FN2O/c1-13-8-4-2-3-6(9(8)10)7(12)5-11/h2-4,7H,5,11-12H2,1H3/t7-/m1/s1. The van der Waals surface area contributed by atoms with Crippen molar-refractivity contribution in [3.8, 4) is 5.75 Å². The van der Waals surface area contributed by atoms with Crippen molar-refractivity contribution in [2.75, 3.05) is 13.7 Å². The van der Waals surface area contributed by atoms with Gasteiger partial charge in [-0.05, 0) is 6.07 Å². The fourth-order valence-corrected chi connectivity index (χ4v) is 1.10. The van der Waals surface area contributed by atoms with Crippen LogP contribution < -0.4 is 16.2 Å². The van der Waals surface area contributed by atoms with E-state index in [1.807, 2.05) is 0 Å². The van der Waals surface area contributed by atoms with Crippen molar-refractivity contribution in [3.63, 3.8) is 0 Å². The molecule has 0 saturated heterocycles. The summed E-state index contributed by atoms with van der Waals surface area (Å²) in [7, 11) is 1.41. The second-order valence-electron chi connectivity index (χ2n) is 2.71. The summed E-state index contributed by atoms with van der Waals surface area (Å²) in [5.41, 5.74) is 11.3. The minimum atomic E-state index is -0.477. The molecule has 4 N–H and O–H groups in total. The van der Waals surface area contributed by atoms with Gasteiger partial charge in [0.05, 0.1) is 7.11 Å². The molecule has 72 valence electrons. The number of hydrogen-bond donors (Lipinski definition) is 2.